The number of amides is 1. The molecule has 2 aliphatic heterocycles. The van der Waals surface area contributed by atoms with Crippen molar-refractivity contribution in [2.24, 2.45) is 0 Å². The van der Waals surface area contributed by atoms with Gasteiger partial charge in [0.25, 0.3) is 0 Å². The van der Waals surface area contributed by atoms with Gasteiger partial charge >= 0.3 is 6.01 Å². The van der Waals surface area contributed by atoms with Crippen LogP contribution in [-0.2, 0) is 22.5 Å². The second-order valence-corrected chi connectivity index (χ2v) is 13.0. The number of benzene rings is 2. The van der Waals surface area contributed by atoms with Crippen molar-refractivity contribution in [3.63, 3.8) is 0 Å². The summed E-state index contributed by atoms with van der Waals surface area (Å²) in [6.07, 6.45) is 6.23. The quantitative estimate of drug-likeness (QED) is 0.214. The molecule has 0 bridgehead atoms. The zero-order valence-electron chi connectivity index (χ0n) is 25.6. The molecule has 2 aromatic carbocycles. The first-order valence-electron chi connectivity index (χ1n) is 15.5. The molecule has 3 aliphatic rings. The zero-order valence-corrected chi connectivity index (χ0v) is 26.4. The maximum absolute atomic E-state index is 12.5. The first-order chi connectivity index (χ1) is 21.4. The molecule has 1 amide bonds. The van der Waals surface area contributed by atoms with E-state index in [0.29, 0.717) is 44.2 Å². The highest BCUT2D eigenvalue weighted by Crippen LogP contribution is 2.36. The Labute approximate surface area is 263 Å². The molecule has 0 spiro atoms. The number of ether oxygens (including phenoxy) is 2. The molecule has 0 unspecified atom stereocenters. The normalized spacial score (nSPS) is 19.2. The van der Waals surface area contributed by atoms with E-state index in [2.05, 4.69) is 72.7 Å². The summed E-state index contributed by atoms with van der Waals surface area (Å²) in [6, 6.07) is 15.3. The van der Waals surface area contributed by atoms with Crippen LogP contribution in [-0.4, -0.2) is 70.5 Å². The second-order valence-electron chi connectivity index (χ2n) is 11.8. The van der Waals surface area contributed by atoms with Crippen molar-refractivity contribution in [2.75, 3.05) is 41.9 Å². The van der Waals surface area contributed by atoms with E-state index in [0.717, 1.165) is 42.9 Å². The fraction of sp³-hybridized carbons (Fsp3) is 0.471. The van der Waals surface area contributed by atoms with Gasteiger partial charge in [0.05, 0.1) is 36.9 Å². The van der Waals surface area contributed by atoms with Crippen molar-refractivity contribution in [3.8, 4) is 12.1 Å². The van der Waals surface area contributed by atoms with Gasteiger partial charge in [0, 0.05) is 42.8 Å². The molecular weight excluding hydrogens is 572 g/mol. The van der Waals surface area contributed by atoms with Crippen molar-refractivity contribution in [2.45, 2.75) is 70.1 Å². The van der Waals surface area contributed by atoms with Crippen LogP contribution < -0.4 is 14.5 Å². The molecule has 1 saturated carbocycles. The number of aromatic nitrogens is 2. The van der Waals surface area contributed by atoms with Gasteiger partial charge < -0.3 is 24.2 Å². The number of nitrogens with zero attached hydrogens (tertiary/aromatic N) is 6. The maximum atomic E-state index is 12.5. The van der Waals surface area contributed by atoms with Crippen LogP contribution in [0.25, 0.3) is 10.8 Å². The lowest BCUT2D eigenvalue weighted by molar-refractivity contribution is -0.128. The molecule has 6 rings (SSSR count). The number of aryl methyl sites for hydroxylation is 1. The zero-order chi connectivity index (χ0) is 30.6. The first-order valence-corrected chi connectivity index (χ1v) is 16.6. The van der Waals surface area contributed by atoms with Crippen LogP contribution in [0.4, 0.5) is 11.5 Å². The van der Waals surface area contributed by atoms with Crippen molar-refractivity contribution < 1.29 is 14.3 Å². The third-order valence-electron chi connectivity index (χ3n) is 8.95. The fourth-order valence-corrected chi connectivity index (χ4v) is 7.02. The summed E-state index contributed by atoms with van der Waals surface area (Å²) in [4.78, 5) is 28.8. The number of piperazine rings is 1. The minimum Gasteiger partial charge on any atom is -0.452 e. The van der Waals surface area contributed by atoms with Crippen LogP contribution in [0.3, 0.4) is 0 Å². The van der Waals surface area contributed by atoms with Crippen molar-refractivity contribution in [1.29, 1.82) is 5.26 Å². The lowest BCUT2D eigenvalue weighted by Crippen LogP contribution is -2.55. The number of thioether (sulfide) groups is 1. The third kappa shape index (κ3) is 6.35. The smallest absolute Gasteiger partial charge is 0.319 e. The molecule has 0 radical (unpaired) electrons. The van der Waals surface area contributed by atoms with Crippen molar-refractivity contribution in [1.82, 2.24) is 14.9 Å². The fourth-order valence-electron chi connectivity index (χ4n) is 6.42. The summed E-state index contributed by atoms with van der Waals surface area (Å²) in [5.41, 5.74) is 4.55. The Bertz CT molecular complexity index is 1570. The third-order valence-corrected chi connectivity index (χ3v) is 9.78. The largest absolute Gasteiger partial charge is 0.452 e. The van der Waals surface area contributed by atoms with Gasteiger partial charge in [0.1, 0.15) is 17.2 Å². The molecule has 2 fully saturated rings. The number of anilines is 2. The van der Waals surface area contributed by atoms with Crippen LogP contribution in [0.15, 0.2) is 49.1 Å². The SMILES string of the molecule is C=CC(=O)N1CCN(c2nc(OCS[C@H](C)OC3CCC3)nc3c2CCN(c2cccc4cccc(C)c24)C3)C[C@@H]1CC#N. The van der Waals surface area contributed by atoms with Crippen LogP contribution >= 0.6 is 11.8 Å². The standard InChI is InChI=1S/C34H40N6O3S/c1-4-31(41)40-19-18-39(20-26(40)14-16-35)33-28-15-17-38(30-13-6-10-25-9-5-8-23(2)32(25)30)21-29(28)36-34(37-33)42-22-44-24(3)43-27-11-7-12-27/h4-6,8-10,13,24,26-27H,1,7,11-12,14-15,17-22H2,2-3H3/t24-,26+/m1/s1. The summed E-state index contributed by atoms with van der Waals surface area (Å²) in [5, 5.41) is 12.0. The highest BCUT2D eigenvalue weighted by Gasteiger charge is 2.33. The van der Waals surface area contributed by atoms with Gasteiger partial charge in [-0.2, -0.15) is 15.2 Å². The predicted octanol–water partition coefficient (Wildman–Crippen LogP) is 5.60. The number of fused-ring (bicyclic) bond motifs is 2. The van der Waals surface area contributed by atoms with Crippen molar-refractivity contribution in [3.05, 3.63) is 65.9 Å². The van der Waals surface area contributed by atoms with Crippen LogP contribution in [0, 0.1) is 18.3 Å². The average molecular weight is 613 g/mol. The van der Waals surface area contributed by atoms with Gasteiger partial charge in [-0.15, -0.1) is 0 Å². The maximum Gasteiger partial charge on any atom is 0.319 e. The average Bonchev–Trinajstić information content (AvgIpc) is 3.02. The Morgan fingerprint density at radius 3 is 2.75 bits per heavy atom. The molecule has 10 heteroatoms. The number of rotatable bonds is 10. The van der Waals surface area contributed by atoms with Gasteiger partial charge in [0.15, 0.2) is 0 Å². The number of carbonyl (C=O) groups excluding carboxylic acids is 1. The lowest BCUT2D eigenvalue weighted by Gasteiger charge is -2.42. The molecule has 0 N–H and O–H groups in total. The second kappa shape index (κ2) is 13.4. The van der Waals surface area contributed by atoms with Crippen LogP contribution in [0.2, 0.25) is 0 Å². The summed E-state index contributed by atoms with van der Waals surface area (Å²) < 4.78 is 12.3. The van der Waals surface area contributed by atoms with E-state index in [1.54, 1.807) is 16.7 Å². The monoisotopic (exact) mass is 612 g/mol. The molecule has 3 aromatic rings. The molecular formula is C34H40N6O3S. The van der Waals surface area contributed by atoms with E-state index in [1.165, 1.54) is 34.5 Å². The van der Waals surface area contributed by atoms with E-state index in [1.807, 2.05) is 0 Å². The summed E-state index contributed by atoms with van der Waals surface area (Å²) in [7, 11) is 0. The van der Waals surface area contributed by atoms with E-state index in [-0.39, 0.29) is 23.8 Å². The van der Waals surface area contributed by atoms with Crippen molar-refractivity contribution >= 4 is 39.9 Å². The minimum atomic E-state index is -0.243. The topological polar surface area (TPSA) is 94.8 Å². The van der Waals surface area contributed by atoms with E-state index >= 15 is 0 Å². The molecule has 1 aliphatic carbocycles. The molecule has 1 aromatic heterocycles. The molecule has 2 atom stereocenters. The summed E-state index contributed by atoms with van der Waals surface area (Å²) >= 11 is 1.60. The molecule has 230 valence electrons. The molecule has 9 nitrogen and oxygen atoms in total. The van der Waals surface area contributed by atoms with Crippen LogP contribution in [0.5, 0.6) is 6.01 Å². The number of hydrogen-bond donors (Lipinski definition) is 0. The Morgan fingerprint density at radius 1 is 1.18 bits per heavy atom. The number of carbonyl (C=O) groups is 1. The Kier molecular flexibility index (Phi) is 9.24. The lowest BCUT2D eigenvalue weighted by atomic mass is 9.96. The predicted molar refractivity (Wildman–Crippen MR) is 175 cm³/mol. The minimum absolute atomic E-state index is 0.0321. The summed E-state index contributed by atoms with van der Waals surface area (Å²) in [5.74, 6) is 1.09. The molecule has 1 saturated heterocycles. The van der Waals surface area contributed by atoms with Gasteiger partial charge in [0.2, 0.25) is 5.91 Å². The highest BCUT2D eigenvalue weighted by molar-refractivity contribution is 7.99. The van der Waals surface area contributed by atoms with Gasteiger partial charge in [-0.3, -0.25) is 4.79 Å². The molecule has 44 heavy (non-hydrogen) atoms. The summed E-state index contributed by atoms with van der Waals surface area (Å²) in [6.45, 7) is 11.0. The Balaban J connectivity index is 1.28. The Morgan fingerprint density at radius 2 is 2.00 bits per heavy atom. The number of nitriles is 1. The highest BCUT2D eigenvalue weighted by atomic mass is 32.2. The van der Waals surface area contributed by atoms with Crippen LogP contribution in [0.1, 0.15) is 49.4 Å². The number of hydrogen-bond acceptors (Lipinski definition) is 9. The van der Waals surface area contributed by atoms with E-state index in [9.17, 15) is 10.1 Å². The first kappa shape index (κ1) is 30.2. The van der Waals surface area contributed by atoms with Gasteiger partial charge in [-0.05, 0) is 62.6 Å². The van der Waals surface area contributed by atoms with Gasteiger partial charge in [-0.1, -0.05) is 48.7 Å². The van der Waals surface area contributed by atoms with Gasteiger partial charge in [-0.25, -0.2) is 0 Å². The van der Waals surface area contributed by atoms with E-state index in [4.69, 9.17) is 19.4 Å². The Hall–Kier alpha value is -3.81. The van der Waals surface area contributed by atoms with E-state index < -0.39 is 0 Å². The molecule has 3 heterocycles.